The standard InChI is InChI=1S/C27H40O/c1-2-27(28)20-14-12-10-8-6-4-3-5-7-9-11-13-17-24-21-22-25-18-15-16-19-26(25)23-24/h15-16,18-19,21-23H,2-14,17,20H2,1H3. The van der Waals surface area contributed by atoms with Crippen molar-refractivity contribution in [2.75, 3.05) is 0 Å². The van der Waals surface area contributed by atoms with Crippen molar-refractivity contribution in [3.05, 3.63) is 48.0 Å². The van der Waals surface area contributed by atoms with E-state index in [9.17, 15) is 4.79 Å². The molecule has 0 radical (unpaired) electrons. The predicted octanol–water partition coefficient (Wildman–Crippen LogP) is 8.43. The molecule has 2 aromatic rings. The van der Waals surface area contributed by atoms with E-state index < -0.39 is 0 Å². The zero-order chi connectivity index (χ0) is 19.9. The number of aryl methyl sites for hydroxylation is 1. The van der Waals surface area contributed by atoms with Crippen LogP contribution < -0.4 is 0 Å². The van der Waals surface area contributed by atoms with Crippen LogP contribution in [-0.2, 0) is 11.2 Å². The Labute approximate surface area is 172 Å². The molecule has 0 aliphatic heterocycles. The van der Waals surface area contributed by atoms with Crippen molar-refractivity contribution in [1.82, 2.24) is 0 Å². The Kier molecular flexibility index (Phi) is 11.6. The summed E-state index contributed by atoms with van der Waals surface area (Å²) in [7, 11) is 0. The second kappa shape index (κ2) is 14.4. The molecule has 0 unspecified atom stereocenters. The minimum absolute atomic E-state index is 0.428. The monoisotopic (exact) mass is 380 g/mol. The number of ketones is 1. The number of rotatable bonds is 16. The molecule has 2 rings (SSSR count). The Morgan fingerprint density at radius 2 is 1.18 bits per heavy atom. The molecule has 1 nitrogen and oxygen atoms in total. The van der Waals surface area contributed by atoms with Crippen LogP contribution >= 0.6 is 0 Å². The summed E-state index contributed by atoms with van der Waals surface area (Å²) >= 11 is 0. The molecule has 154 valence electrons. The topological polar surface area (TPSA) is 17.1 Å². The van der Waals surface area contributed by atoms with Gasteiger partial charge in [0.1, 0.15) is 5.78 Å². The van der Waals surface area contributed by atoms with Gasteiger partial charge in [-0.2, -0.15) is 0 Å². The Morgan fingerprint density at radius 3 is 1.79 bits per heavy atom. The van der Waals surface area contributed by atoms with E-state index in [1.807, 2.05) is 6.92 Å². The highest BCUT2D eigenvalue weighted by Gasteiger charge is 1.99. The fraction of sp³-hybridized carbons (Fsp3) is 0.593. The smallest absolute Gasteiger partial charge is 0.132 e. The first-order valence-corrected chi connectivity index (χ1v) is 11.8. The first kappa shape index (κ1) is 22.7. The van der Waals surface area contributed by atoms with E-state index in [0.717, 1.165) is 12.8 Å². The first-order chi connectivity index (χ1) is 13.8. The average molecular weight is 381 g/mol. The highest BCUT2D eigenvalue weighted by molar-refractivity contribution is 5.83. The summed E-state index contributed by atoms with van der Waals surface area (Å²) in [6.07, 6.45) is 18.8. The van der Waals surface area contributed by atoms with E-state index in [4.69, 9.17) is 0 Å². The van der Waals surface area contributed by atoms with Crippen molar-refractivity contribution in [3.63, 3.8) is 0 Å². The fourth-order valence-corrected chi connectivity index (χ4v) is 3.99. The number of benzene rings is 2. The van der Waals surface area contributed by atoms with E-state index in [1.165, 1.54) is 93.4 Å². The molecule has 2 aromatic carbocycles. The molecular formula is C27H40O. The molecule has 28 heavy (non-hydrogen) atoms. The van der Waals surface area contributed by atoms with Crippen LogP contribution in [0.1, 0.15) is 102 Å². The molecule has 0 spiro atoms. The lowest BCUT2D eigenvalue weighted by Gasteiger charge is -2.05. The molecular weight excluding hydrogens is 340 g/mol. The molecule has 0 saturated carbocycles. The third-order valence-corrected chi connectivity index (χ3v) is 5.88. The van der Waals surface area contributed by atoms with Crippen LogP contribution in [-0.4, -0.2) is 5.78 Å². The molecule has 0 bridgehead atoms. The van der Waals surface area contributed by atoms with Crippen LogP contribution in [0, 0.1) is 0 Å². The molecule has 0 saturated heterocycles. The van der Waals surface area contributed by atoms with Crippen molar-refractivity contribution in [3.8, 4) is 0 Å². The highest BCUT2D eigenvalue weighted by Crippen LogP contribution is 2.18. The van der Waals surface area contributed by atoms with Crippen molar-refractivity contribution in [2.24, 2.45) is 0 Å². The van der Waals surface area contributed by atoms with Gasteiger partial charge in [-0.05, 0) is 35.6 Å². The molecule has 0 N–H and O–H groups in total. The van der Waals surface area contributed by atoms with Gasteiger partial charge >= 0.3 is 0 Å². The lowest BCUT2D eigenvalue weighted by molar-refractivity contribution is -0.118. The van der Waals surface area contributed by atoms with Gasteiger partial charge in [-0.15, -0.1) is 0 Å². The number of carbonyl (C=O) groups excluding carboxylic acids is 1. The van der Waals surface area contributed by atoms with E-state index in [1.54, 1.807) is 0 Å². The number of carbonyl (C=O) groups is 1. The molecule has 1 heteroatoms. The van der Waals surface area contributed by atoms with Crippen LogP contribution in [0.3, 0.4) is 0 Å². The van der Waals surface area contributed by atoms with Gasteiger partial charge in [0, 0.05) is 12.8 Å². The molecule has 0 aromatic heterocycles. The second-order valence-corrected chi connectivity index (χ2v) is 8.32. The number of Topliss-reactive ketones (excluding diaryl/α,β-unsaturated/α-hetero) is 1. The molecule has 0 amide bonds. The van der Waals surface area contributed by atoms with E-state index >= 15 is 0 Å². The van der Waals surface area contributed by atoms with Gasteiger partial charge in [0.05, 0.1) is 0 Å². The maximum atomic E-state index is 11.2. The predicted molar refractivity (Wildman–Crippen MR) is 123 cm³/mol. The summed E-state index contributed by atoms with van der Waals surface area (Å²) in [4.78, 5) is 11.2. The summed E-state index contributed by atoms with van der Waals surface area (Å²) in [5, 5.41) is 2.72. The summed E-state index contributed by atoms with van der Waals surface area (Å²) in [6.45, 7) is 1.97. The van der Waals surface area contributed by atoms with Crippen molar-refractivity contribution < 1.29 is 4.79 Å². The van der Waals surface area contributed by atoms with Gasteiger partial charge in [-0.3, -0.25) is 4.79 Å². The quantitative estimate of drug-likeness (QED) is 0.267. The zero-order valence-corrected chi connectivity index (χ0v) is 18.1. The Morgan fingerprint density at radius 1 is 0.643 bits per heavy atom. The van der Waals surface area contributed by atoms with E-state index in [0.29, 0.717) is 12.2 Å². The molecule has 0 aliphatic rings. The molecule has 0 aliphatic carbocycles. The van der Waals surface area contributed by atoms with Gasteiger partial charge < -0.3 is 0 Å². The average Bonchev–Trinajstić information content (AvgIpc) is 2.73. The maximum absolute atomic E-state index is 11.2. The van der Waals surface area contributed by atoms with Crippen LogP contribution in [0.15, 0.2) is 42.5 Å². The number of hydrogen-bond donors (Lipinski definition) is 0. The summed E-state index contributed by atoms with van der Waals surface area (Å²) < 4.78 is 0. The Balaban J connectivity index is 1.37. The second-order valence-electron chi connectivity index (χ2n) is 8.32. The number of hydrogen-bond acceptors (Lipinski definition) is 1. The van der Waals surface area contributed by atoms with E-state index in [2.05, 4.69) is 42.5 Å². The molecule has 0 atom stereocenters. The van der Waals surface area contributed by atoms with Crippen LogP contribution in [0.2, 0.25) is 0 Å². The summed E-state index contributed by atoms with van der Waals surface area (Å²) in [5.41, 5.74) is 1.48. The number of unbranched alkanes of at least 4 members (excludes halogenated alkanes) is 11. The number of fused-ring (bicyclic) bond motifs is 1. The lowest BCUT2D eigenvalue weighted by Crippen LogP contribution is -1.94. The maximum Gasteiger partial charge on any atom is 0.132 e. The highest BCUT2D eigenvalue weighted by atomic mass is 16.1. The largest absolute Gasteiger partial charge is 0.300 e. The van der Waals surface area contributed by atoms with Gasteiger partial charge in [-0.25, -0.2) is 0 Å². The van der Waals surface area contributed by atoms with Crippen molar-refractivity contribution in [2.45, 2.75) is 103 Å². The van der Waals surface area contributed by atoms with Crippen LogP contribution in [0.25, 0.3) is 10.8 Å². The van der Waals surface area contributed by atoms with Gasteiger partial charge in [0.2, 0.25) is 0 Å². The molecule has 0 heterocycles. The van der Waals surface area contributed by atoms with Crippen molar-refractivity contribution >= 4 is 16.6 Å². The first-order valence-electron chi connectivity index (χ1n) is 11.8. The van der Waals surface area contributed by atoms with Crippen LogP contribution in [0.4, 0.5) is 0 Å². The Bertz CT molecular complexity index is 673. The minimum Gasteiger partial charge on any atom is -0.300 e. The summed E-state index contributed by atoms with van der Waals surface area (Å²) in [6, 6.07) is 15.6. The lowest BCUT2D eigenvalue weighted by atomic mass is 10.0. The SMILES string of the molecule is CCC(=O)CCCCCCCCCCCCCCc1ccc2ccccc2c1. The van der Waals surface area contributed by atoms with Gasteiger partial charge in [0.15, 0.2) is 0 Å². The van der Waals surface area contributed by atoms with Crippen molar-refractivity contribution in [1.29, 1.82) is 0 Å². The zero-order valence-electron chi connectivity index (χ0n) is 18.1. The van der Waals surface area contributed by atoms with Crippen LogP contribution in [0.5, 0.6) is 0 Å². The third kappa shape index (κ3) is 9.53. The normalized spacial score (nSPS) is 11.2. The Hall–Kier alpha value is -1.63. The van der Waals surface area contributed by atoms with Gasteiger partial charge in [-0.1, -0.05) is 114 Å². The fourth-order valence-electron chi connectivity index (χ4n) is 3.99. The van der Waals surface area contributed by atoms with E-state index in [-0.39, 0.29) is 0 Å². The minimum atomic E-state index is 0.428. The van der Waals surface area contributed by atoms with Gasteiger partial charge in [0.25, 0.3) is 0 Å². The third-order valence-electron chi connectivity index (χ3n) is 5.88. The summed E-state index contributed by atoms with van der Waals surface area (Å²) in [5.74, 6) is 0.428. The molecule has 0 fully saturated rings.